The molecular formula is C15H19N7O2. The molecule has 1 saturated heterocycles. The molecular weight excluding hydrogens is 310 g/mol. The first-order valence-electron chi connectivity index (χ1n) is 7.69. The van der Waals surface area contributed by atoms with Gasteiger partial charge in [-0.05, 0) is 13.1 Å². The second kappa shape index (κ2) is 7.18. The molecule has 126 valence electrons. The van der Waals surface area contributed by atoms with E-state index in [9.17, 15) is 9.59 Å². The normalized spacial score (nSPS) is 15.3. The quantitative estimate of drug-likeness (QED) is 0.802. The van der Waals surface area contributed by atoms with Gasteiger partial charge in [0, 0.05) is 38.4 Å². The Morgan fingerprint density at radius 3 is 2.58 bits per heavy atom. The first kappa shape index (κ1) is 16.1. The van der Waals surface area contributed by atoms with Crippen molar-refractivity contribution in [2.75, 3.05) is 43.4 Å². The zero-order valence-electron chi connectivity index (χ0n) is 13.4. The lowest BCUT2D eigenvalue weighted by molar-refractivity contribution is -0.117. The molecule has 0 aliphatic carbocycles. The highest BCUT2D eigenvalue weighted by molar-refractivity contribution is 5.90. The van der Waals surface area contributed by atoms with Gasteiger partial charge in [0.15, 0.2) is 0 Å². The number of likely N-dealkylation sites (N-methyl/N-ethyl adjacent to an activating group) is 1. The topological polar surface area (TPSA) is 96.2 Å². The lowest BCUT2D eigenvalue weighted by Crippen LogP contribution is -2.45. The van der Waals surface area contributed by atoms with E-state index < -0.39 is 0 Å². The van der Waals surface area contributed by atoms with Crippen molar-refractivity contribution in [3.63, 3.8) is 0 Å². The highest BCUT2D eigenvalue weighted by atomic mass is 16.2. The Balaban J connectivity index is 1.59. The smallest absolute Gasteiger partial charge is 0.267 e. The Kier molecular flexibility index (Phi) is 4.80. The third-order valence-electron chi connectivity index (χ3n) is 3.79. The van der Waals surface area contributed by atoms with Crippen LogP contribution < -0.4 is 15.8 Å². The van der Waals surface area contributed by atoms with Crippen LogP contribution in [0.4, 0.5) is 11.6 Å². The van der Waals surface area contributed by atoms with Gasteiger partial charge in [-0.3, -0.25) is 9.59 Å². The molecule has 0 spiro atoms. The first-order valence-corrected chi connectivity index (χ1v) is 7.69. The number of nitrogens with zero attached hydrogens (tertiary/aromatic N) is 6. The van der Waals surface area contributed by atoms with Gasteiger partial charge in [0.25, 0.3) is 5.56 Å². The minimum absolute atomic E-state index is 0.153. The molecule has 9 heteroatoms. The predicted octanol–water partition coefficient (Wildman–Crippen LogP) is -0.576. The Hall–Kier alpha value is -2.81. The van der Waals surface area contributed by atoms with Crippen molar-refractivity contribution >= 4 is 17.5 Å². The number of piperazine rings is 1. The number of rotatable bonds is 4. The van der Waals surface area contributed by atoms with Gasteiger partial charge < -0.3 is 15.1 Å². The van der Waals surface area contributed by atoms with E-state index in [4.69, 9.17) is 0 Å². The molecule has 0 radical (unpaired) electrons. The number of nitrogens with one attached hydrogen (secondary N) is 1. The number of carbonyl (C=O) groups excluding carboxylic acids is 1. The van der Waals surface area contributed by atoms with Crippen molar-refractivity contribution in [2.24, 2.45) is 0 Å². The van der Waals surface area contributed by atoms with Gasteiger partial charge in [0.1, 0.15) is 6.54 Å². The minimum atomic E-state index is -0.355. The average Bonchev–Trinajstić information content (AvgIpc) is 2.58. The SMILES string of the molecule is CN1CCN(c2ncc(NC(=O)Cn3ncccc3=O)cn2)CC1. The van der Waals surface area contributed by atoms with Crippen LogP contribution >= 0.6 is 0 Å². The van der Waals surface area contributed by atoms with E-state index in [0.29, 0.717) is 11.6 Å². The molecule has 0 unspecified atom stereocenters. The highest BCUT2D eigenvalue weighted by Gasteiger charge is 2.16. The summed E-state index contributed by atoms with van der Waals surface area (Å²) in [6.07, 6.45) is 4.60. The van der Waals surface area contributed by atoms with Crippen molar-refractivity contribution in [1.82, 2.24) is 24.6 Å². The predicted molar refractivity (Wildman–Crippen MR) is 88.9 cm³/mol. The minimum Gasteiger partial charge on any atom is -0.338 e. The average molecular weight is 329 g/mol. The largest absolute Gasteiger partial charge is 0.338 e. The summed E-state index contributed by atoms with van der Waals surface area (Å²) in [5.41, 5.74) is 0.163. The van der Waals surface area contributed by atoms with Crippen LogP contribution in [0.1, 0.15) is 0 Å². The fourth-order valence-corrected chi connectivity index (χ4v) is 2.40. The van der Waals surface area contributed by atoms with Crippen LogP contribution in [-0.4, -0.2) is 63.8 Å². The van der Waals surface area contributed by atoms with Crippen LogP contribution in [0, 0.1) is 0 Å². The molecule has 1 aliphatic heterocycles. The van der Waals surface area contributed by atoms with Gasteiger partial charge in [0.2, 0.25) is 11.9 Å². The van der Waals surface area contributed by atoms with Crippen LogP contribution in [0.5, 0.6) is 0 Å². The van der Waals surface area contributed by atoms with E-state index in [0.717, 1.165) is 30.9 Å². The van der Waals surface area contributed by atoms with Gasteiger partial charge >= 0.3 is 0 Å². The number of hydrogen-bond donors (Lipinski definition) is 1. The van der Waals surface area contributed by atoms with Crippen LogP contribution in [0.2, 0.25) is 0 Å². The monoisotopic (exact) mass is 329 g/mol. The summed E-state index contributed by atoms with van der Waals surface area (Å²) < 4.78 is 1.09. The van der Waals surface area contributed by atoms with E-state index in [2.05, 4.69) is 37.2 Å². The van der Waals surface area contributed by atoms with Crippen LogP contribution in [-0.2, 0) is 11.3 Å². The summed E-state index contributed by atoms with van der Waals surface area (Å²) in [5.74, 6) is 0.300. The lowest BCUT2D eigenvalue weighted by atomic mass is 10.3. The van der Waals surface area contributed by atoms with Crippen molar-refractivity contribution in [1.29, 1.82) is 0 Å². The molecule has 1 amide bonds. The Morgan fingerprint density at radius 1 is 1.21 bits per heavy atom. The lowest BCUT2D eigenvalue weighted by Gasteiger charge is -2.32. The molecule has 3 rings (SSSR count). The van der Waals surface area contributed by atoms with Gasteiger partial charge in [-0.25, -0.2) is 14.6 Å². The van der Waals surface area contributed by atoms with E-state index in [1.165, 1.54) is 18.3 Å². The Bertz CT molecular complexity index is 751. The highest BCUT2D eigenvalue weighted by Crippen LogP contribution is 2.12. The number of anilines is 2. The maximum absolute atomic E-state index is 12.0. The molecule has 3 heterocycles. The molecule has 1 aliphatic rings. The fourth-order valence-electron chi connectivity index (χ4n) is 2.40. The Morgan fingerprint density at radius 2 is 1.92 bits per heavy atom. The van der Waals surface area contributed by atoms with Crippen LogP contribution in [0.3, 0.4) is 0 Å². The summed E-state index contributed by atoms with van der Waals surface area (Å²) in [6.45, 7) is 3.55. The second-order valence-electron chi connectivity index (χ2n) is 5.63. The zero-order chi connectivity index (χ0) is 16.9. The fraction of sp³-hybridized carbons (Fsp3) is 0.400. The van der Waals surface area contributed by atoms with E-state index in [-0.39, 0.29) is 18.0 Å². The standard InChI is InChI=1S/C15H19N7O2/c1-20-5-7-21(8-6-20)15-16-9-12(10-17-15)19-13(23)11-22-14(24)3-2-4-18-22/h2-4,9-10H,5-8,11H2,1H3,(H,19,23). The van der Waals surface area contributed by atoms with Gasteiger partial charge in [-0.1, -0.05) is 0 Å². The van der Waals surface area contributed by atoms with Crippen LogP contribution in [0.15, 0.2) is 35.5 Å². The summed E-state index contributed by atoms with van der Waals surface area (Å²) in [4.78, 5) is 36.5. The molecule has 1 N–H and O–H groups in total. The number of aromatic nitrogens is 4. The summed E-state index contributed by atoms with van der Waals surface area (Å²) in [5, 5.41) is 6.51. The number of hydrogen-bond acceptors (Lipinski definition) is 7. The summed E-state index contributed by atoms with van der Waals surface area (Å²) in [6, 6.07) is 2.88. The van der Waals surface area contributed by atoms with Gasteiger partial charge in [0.05, 0.1) is 18.1 Å². The van der Waals surface area contributed by atoms with Gasteiger partial charge in [-0.15, -0.1) is 0 Å². The molecule has 0 atom stereocenters. The van der Waals surface area contributed by atoms with Crippen LogP contribution in [0.25, 0.3) is 0 Å². The van der Waals surface area contributed by atoms with E-state index in [1.54, 1.807) is 12.4 Å². The number of carbonyl (C=O) groups is 1. The van der Waals surface area contributed by atoms with Crippen molar-refractivity contribution in [3.8, 4) is 0 Å². The van der Waals surface area contributed by atoms with E-state index >= 15 is 0 Å². The zero-order valence-corrected chi connectivity index (χ0v) is 13.4. The molecule has 2 aromatic rings. The third-order valence-corrected chi connectivity index (χ3v) is 3.79. The third kappa shape index (κ3) is 3.93. The number of amides is 1. The summed E-state index contributed by atoms with van der Waals surface area (Å²) >= 11 is 0. The molecule has 0 bridgehead atoms. The van der Waals surface area contributed by atoms with Crippen molar-refractivity contribution in [2.45, 2.75) is 6.54 Å². The van der Waals surface area contributed by atoms with Crippen molar-refractivity contribution in [3.05, 3.63) is 41.1 Å². The maximum Gasteiger partial charge on any atom is 0.267 e. The molecule has 0 saturated carbocycles. The van der Waals surface area contributed by atoms with Gasteiger partial charge in [-0.2, -0.15) is 5.10 Å². The molecule has 1 fully saturated rings. The van der Waals surface area contributed by atoms with E-state index in [1.807, 2.05) is 0 Å². The Labute approximate surface area is 138 Å². The molecule has 9 nitrogen and oxygen atoms in total. The summed E-state index contributed by atoms with van der Waals surface area (Å²) in [7, 11) is 2.09. The first-order chi connectivity index (χ1) is 11.6. The second-order valence-corrected chi connectivity index (χ2v) is 5.63. The van der Waals surface area contributed by atoms with Crippen molar-refractivity contribution < 1.29 is 4.79 Å². The molecule has 24 heavy (non-hydrogen) atoms. The molecule has 0 aromatic carbocycles. The molecule has 2 aromatic heterocycles. The maximum atomic E-state index is 12.0.